The van der Waals surface area contributed by atoms with E-state index in [1.165, 1.54) is 56.5 Å². The minimum atomic E-state index is 0.585. The molecule has 0 bridgehead atoms. The highest BCUT2D eigenvalue weighted by atomic mass is 14.3. The molecule has 0 heteroatoms. The fourth-order valence-corrected chi connectivity index (χ4v) is 3.93. The van der Waals surface area contributed by atoms with Gasteiger partial charge in [-0.25, -0.2) is 0 Å². The maximum absolute atomic E-state index is 4.16. The molecule has 0 aromatic heterocycles. The molecule has 2 aliphatic rings. The van der Waals surface area contributed by atoms with Gasteiger partial charge in [0.15, 0.2) is 0 Å². The van der Waals surface area contributed by atoms with Crippen molar-refractivity contribution >= 4 is 5.57 Å². The van der Waals surface area contributed by atoms with Gasteiger partial charge in [0, 0.05) is 0 Å². The van der Waals surface area contributed by atoms with E-state index < -0.39 is 0 Å². The Morgan fingerprint density at radius 1 is 1.18 bits per heavy atom. The first-order chi connectivity index (χ1) is 10.4. The van der Waals surface area contributed by atoms with Crippen molar-refractivity contribution in [3.63, 3.8) is 0 Å². The van der Waals surface area contributed by atoms with E-state index >= 15 is 0 Å². The minimum absolute atomic E-state index is 0.585. The number of allylic oxidation sites excluding steroid dienone is 7. The lowest BCUT2D eigenvalue weighted by molar-refractivity contribution is 0.846. The summed E-state index contributed by atoms with van der Waals surface area (Å²) in [5, 5.41) is 0. The summed E-state index contributed by atoms with van der Waals surface area (Å²) >= 11 is 0. The zero-order valence-electron chi connectivity index (χ0n) is 14.5. The second-order valence-electron chi connectivity index (χ2n) is 7.04. The van der Waals surface area contributed by atoms with Crippen molar-refractivity contribution in [1.29, 1.82) is 0 Å². The van der Waals surface area contributed by atoms with Gasteiger partial charge >= 0.3 is 0 Å². The lowest BCUT2D eigenvalue weighted by Gasteiger charge is -2.16. The van der Waals surface area contributed by atoms with Crippen LogP contribution < -0.4 is 0 Å². The molecule has 0 saturated heterocycles. The van der Waals surface area contributed by atoms with E-state index in [4.69, 9.17) is 0 Å². The molecule has 0 saturated carbocycles. The average Bonchev–Trinajstić information content (AvgIpc) is 3.09. The van der Waals surface area contributed by atoms with Crippen molar-refractivity contribution in [1.82, 2.24) is 0 Å². The maximum Gasteiger partial charge on any atom is -0.00793 e. The van der Waals surface area contributed by atoms with Crippen LogP contribution in [0.1, 0.15) is 61.8 Å². The largest absolute Gasteiger partial charge is 0.0908 e. The predicted molar refractivity (Wildman–Crippen MR) is 97.1 cm³/mol. The Hall–Kier alpha value is -1.82. The molecule has 0 amide bonds. The zero-order valence-corrected chi connectivity index (χ0v) is 14.5. The molecule has 2 aliphatic carbocycles. The molecule has 0 aliphatic heterocycles. The molecular weight excluding hydrogens is 264 g/mol. The summed E-state index contributed by atoms with van der Waals surface area (Å²) in [6.07, 6.45) is 7.05. The van der Waals surface area contributed by atoms with Crippen molar-refractivity contribution in [2.24, 2.45) is 0 Å². The molecule has 22 heavy (non-hydrogen) atoms. The molecule has 0 spiro atoms. The first kappa shape index (κ1) is 15.1. The maximum atomic E-state index is 4.16. The lowest BCUT2D eigenvalue weighted by atomic mass is 9.89. The molecule has 3 rings (SSSR count). The Bertz CT molecular complexity index is 725. The third kappa shape index (κ3) is 2.52. The highest BCUT2D eigenvalue weighted by Crippen LogP contribution is 2.49. The Labute approximate surface area is 135 Å². The number of hydrogen-bond acceptors (Lipinski definition) is 0. The lowest BCUT2D eigenvalue weighted by Crippen LogP contribution is -1.98. The van der Waals surface area contributed by atoms with Gasteiger partial charge in [0.05, 0.1) is 0 Å². The van der Waals surface area contributed by atoms with Gasteiger partial charge in [-0.1, -0.05) is 44.7 Å². The quantitative estimate of drug-likeness (QED) is 0.602. The molecule has 0 fully saturated rings. The summed E-state index contributed by atoms with van der Waals surface area (Å²) in [4.78, 5) is 0. The summed E-state index contributed by atoms with van der Waals surface area (Å²) < 4.78 is 0. The van der Waals surface area contributed by atoms with Crippen LogP contribution in [-0.4, -0.2) is 0 Å². The monoisotopic (exact) mass is 290 g/mol. The summed E-state index contributed by atoms with van der Waals surface area (Å²) in [5.74, 6) is 0.585. The van der Waals surface area contributed by atoms with Gasteiger partial charge in [0.1, 0.15) is 0 Å². The molecule has 0 nitrogen and oxygen atoms in total. The SMILES string of the molecule is C=C1C2=C1C(/C=C(\C)c1cc(C)c(C(C)C)c(C)c1)=CCC2. The second kappa shape index (κ2) is 5.43. The third-order valence-electron chi connectivity index (χ3n) is 4.95. The van der Waals surface area contributed by atoms with Gasteiger partial charge in [0.25, 0.3) is 0 Å². The molecule has 0 radical (unpaired) electrons. The summed E-state index contributed by atoms with van der Waals surface area (Å²) in [6.45, 7) is 15.4. The van der Waals surface area contributed by atoms with E-state index in [1.54, 1.807) is 0 Å². The van der Waals surface area contributed by atoms with Crippen LogP contribution in [0.25, 0.3) is 5.57 Å². The Kier molecular flexibility index (Phi) is 3.72. The average molecular weight is 290 g/mol. The van der Waals surface area contributed by atoms with Crippen LogP contribution in [0.5, 0.6) is 0 Å². The molecule has 0 atom stereocenters. The predicted octanol–water partition coefficient (Wildman–Crippen LogP) is 6.42. The minimum Gasteiger partial charge on any atom is -0.0908 e. The van der Waals surface area contributed by atoms with Crippen molar-refractivity contribution < 1.29 is 0 Å². The van der Waals surface area contributed by atoms with E-state index in [1.807, 2.05) is 0 Å². The van der Waals surface area contributed by atoms with Gasteiger partial charge in [-0.15, -0.1) is 0 Å². The second-order valence-corrected chi connectivity index (χ2v) is 7.04. The first-order valence-electron chi connectivity index (χ1n) is 8.33. The van der Waals surface area contributed by atoms with Crippen LogP contribution in [0.4, 0.5) is 0 Å². The van der Waals surface area contributed by atoms with Gasteiger partial charge in [-0.3, -0.25) is 0 Å². The molecule has 0 N–H and O–H groups in total. The van der Waals surface area contributed by atoms with Crippen LogP contribution in [0.3, 0.4) is 0 Å². The van der Waals surface area contributed by atoms with Crippen molar-refractivity contribution in [3.8, 4) is 0 Å². The van der Waals surface area contributed by atoms with Gasteiger partial charge in [-0.05, 0) is 89.7 Å². The third-order valence-corrected chi connectivity index (χ3v) is 4.95. The van der Waals surface area contributed by atoms with E-state index in [-0.39, 0.29) is 0 Å². The summed E-state index contributed by atoms with van der Waals surface area (Å²) in [5.41, 5.74) is 12.6. The van der Waals surface area contributed by atoms with Gasteiger partial charge in [-0.2, -0.15) is 0 Å². The highest BCUT2D eigenvalue weighted by Gasteiger charge is 2.30. The summed E-state index contributed by atoms with van der Waals surface area (Å²) in [7, 11) is 0. The summed E-state index contributed by atoms with van der Waals surface area (Å²) in [6, 6.07) is 4.68. The van der Waals surface area contributed by atoms with Crippen molar-refractivity contribution in [2.75, 3.05) is 0 Å². The van der Waals surface area contributed by atoms with E-state index in [9.17, 15) is 0 Å². The normalized spacial score (nSPS) is 17.8. The van der Waals surface area contributed by atoms with Crippen LogP contribution in [0.15, 0.2) is 53.2 Å². The topological polar surface area (TPSA) is 0 Å². The molecular formula is C22H26. The highest BCUT2D eigenvalue weighted by molar-refractivity contribution is 5.80. The molecule has 0 heterocycles. The Morgan fingerprint density at radius 3 is 2.41 bits per heavy atom. The van der Waals surface area contributed by atoms with Gasteiger partial charge < -0.3 is 0 Å². The van der Waals surface area contributed by atoms with E-state index in [2.05, 4.69) is 65.5 Å². The Balaban J connectivity index is 1.95. The number of aryl methyl sites for hydroxylation is 2. The number of benzene rings is 1. The van der Waals surface area contributed by atoms with Crippen LogP contribution in [0, 0.1) is 13.8 Å². The first-order valence-corrected chi connectivity index (χ1v) is 8.33. The van der Waals surface area contributed by atoms with Crippen LogP contribution >= 0.6 is 0 Å². The molecule has 114 valence electrons. The standard InChI is InChI=1S/C22H26/c1-13(2)21-15(4)11-19(12-16(21)5)14(3)10-18-8-7-9-20-17(6)22(18)20/h8,10-13H,6-7,9H2,1-5H3/b14-10+. The molecule has 1 aromatic rings. The fourth-order valence-electron chi connectivity index (χ4n) is 3.93. The fraction of sp³-hybridized carbons (Fsp3) is 0.364. The Morgan fingerprint density at radius 2 is 1.82 bits per heavy atom. The van der Waals surface area contributed by atoms with E-state index in [0.29, 0.717) is 5.92 Å². The zero-order chi connectivity index (χ0) is 16.0. The van der Waals surface area contributed by atoms with Crippen molar-refractivity contribution in [3.05, 3.63) is 75.4 Å². The molecule has 0 unspecified atom stereocenters. The number of hydrogen-bond donors (Lipinski definition) is 0. The van der Waals surface area contributed by atoms with Crippen LogP contribution in [0.2, 0.25) is 0 Å². The van der Waals surface area contributed by atoms with E-state index in [0.717, 1.165) is 6.42 Å². The molecule has 1 aromatic carbocycles. The van der Waals surface area contributed by atoms with Crippen LogP contribution in [-0.2, 0) is 0 Å². The number of rotatable bonds is 3. The smallest absolute Gasteiger partial charge is 0.00793 e. The van der Waals surface area contributed by atoms with Crippen molar-refractivity contribution in [2.45, 2.75) is 53.4 Å². The van der Waals surface area contributed by atoms with Gasteiger partial charge in [0.2, 0.25) is 0 Å².